The lowest BCUT2D eigenvalue weighted by atomic mass is 10.2. The Morgan fingerprint density at radius 1 is 1.53 bits per heavy atom. The summed E-state index contributed by atoms with van der Waals surface area (Å²) < 4.78 is 13.0. The average molecular weight is 208 g/mol. The minimum Gasteiger partial charge on any atom is -0.320 e. The van der Waals surface area contributed by atoms with Crippen LogP contribution in [0.1, 0.15) is 12.0 Å². The number of carbonyl (C=O) groups is 1. The lowest BCUT2D eigenvalue weighted by molar-refractivity contribution is -0.118. The van der Waals surface area contributed by atoms with Crippen molar-refractivity contribution in [3.8, 4) is 0 Å². The van der Waals surface area contributed by atoms with Crippen LogP contribution in [0.15, 0.2) is 18.2 Å². The Morgan fingerprint density at radius 2 is 2.27 bits per heavy atom. The molecule has 0 spiro atoms. The van der Waals surface area contributed by atoms with E-state index in [2.05, 4.69) is 0 Å². The summed E-state index contributed by atoms with van der Waals surface area (Å²) in [7, 11) is 0. The fraction of sp³-hybridized carbons (Fsp3) is 0.364. The van der Waals surface area contributed by atoms with Gasteiger partial charge in [0.25, 0.3) is 0 Å². The van der Waals surface area contributed by atoms with Crippen LogP contribution in [-0.2, 0) is 4.79 Å². The number of hydrogen-bond donors (Lipinski definition) is 1. The highest BCUT2D eigenvalue weighted by molar-refractivity contribution is 5.99. The lowest BCUT2D eigenvalue weighted by Gasteiger charge is -2.16. The Kier molecular flexibility index (Phi) is 2.44. The molecule has 1 aliphatic heterocycles. The van der Waals surface area contributed by atoms with Gasteiger partial charge in [-0.25, -0.2) is 4.39 Å². The van der Waals surface area contributed by atoms with E-state index < -0.39 is 6.04 Å². The molecule has 0 radical (unpaired) electrons. The van der Waals surface area contributed by atoms with E-state index in [1.165, 1.54) is 6.07 Å². The molecule has 1 aromatic carbocycles. The summed E-state index contributed by atoms with van der Waals surface area (Å²) in [6.07, 6.45) is 0.662. The van der Waals surface area contributed by atoms with Gasteiger partial charge in [0.15, 0.2) is 0 Å². The van der Waals surface area contributed by atoms with Crippen molar-refractivity contribution in [1.29, 1.82) is 0 Å². The predicted octanol–water partition coefficient (Wildman–Crippen LogP) is 1.20. The maximum Gasteiger partial charge on any atom is 0.243 e. The van der Waals surface area contributed by atoms with Crippen molar-refractivity contribution in [2.24, 2.45) is 5.73 Å². The Morgan fingerprint density at radius 3 is 2.80 bits per heavy atom. The molecule has 2 N–H and O–H groups in total. The van der Waals surface area contributed by atoms with E-state index in [0.29, 0.717) is 18.5 Å². The van der Waals surface area contributed by atoms with Gasteiger partial charge in [-0.05, 0) is 37.1 Å². The summed E-state index contributed by atoms with van der Waals surface area (Å²) >= 11 is 0. The fourth-order valence-electron chi connectivity index (χ4n) is 1.76. The fourth-order valence-corrected chi connectivity index (χ4v) is 1.76. The molecule has 1 saturated heterocycles. The maximum absolute atomic E-state index is 13.0. The summed E-state index contributed by atoms with van der Waals surface area (Å²) in [5.74, 6) is -0.337. The normalized spacial score (nSPS) is 21.1. The van der Waals surface area contributed by atoms with E-state index in [4.69, 9.17) is 5.73 Å². The highest BCUT2D eigenvalue weighted by atomic mass is 19.1. The number of rotatable bonds is 1. The van der Waals surface area contributed by atoms with Crippen molar-refractivity contribution in [3.63, 3.8) is 0 Å². The Hall–Kier alpha value is -1.42. The highest BCUT2D eigenvalue weighted by Crippen LogP contribution is 2.22. The molecule has 4 heteroatoms. The van der Waals surface area contributed by atoms with E-state index in [1.807, 2.05) is 0 Å². The van der Waals surface area contributed by atoms with Crippen molar-refractivity contribution < 1.29 is 9.18 Å². The molecule has 15 heavy (non-hydrogen) atoms. The molecule has 0 saturated carbocycles. The molecule has 80 valence electrons. The zero-order valence-electron chi connectivity index (χ0n) is 8.53. The molecule has 0 aromatic heterocycles. The first-order valence-corrected chi connectivity index (χ1v) is 4.92. The molecular weight excluding hydrogens is 195 g/mol. The first-order chi connectivity index (χ1) is 7.09. The number of halogens is 1. The van der Waals surface area contributed by atoms with Gasteiger partial charge in [0, 0.05) is 12.2 Å². The first kappa shape index (κ1) is 10.1. The number of hydrogen-bond acceptors (Lipinski definition) is 2. The summed E-state index contributed by atoms with van der Waals surface area (Å²) in [6.45, 7) is 2.30. The van der Waals surface area contributed by atoms with Crippen molar-refractivity contribution in [1.82, 2.24) is 0 Å². The second-order valence-corrected chi connectivity index (χ2v) is 3.82. The average Bonchev–Trinajstić information content (AvgIpc) is 2.53. The van der Waals surface area contributed by atoms with Crippen molar-refractivity contribution in [2.75, 3.05) is 11.4 Å². The Labute approximate surface area is 87.7 Å². The van der Waals surface area contributed by atoms with Crippen LogP contribution < -0.4 is 10.6 Å². The van der Waals surface area contributed by atoms with Gasteiger partial charge >= 0.3 is 0 Å². The summed E-state index contributed by atoms with van der Waals surface area (Å²) in [6, 6.07) is 4.25. The van der Waals surface area contributed by atoms with Crippen LogP contribution in [0.5, 0.6) is 0 Å². The molecule has 0 unspecified atom stereocenters. The summed E-state index contributed by atoms with van der Waals surface area (Å²) in [4.78, 5) is 13.2. The van der Waals surface area contributed by atoms with E-state index in [-0.39, 0.29) is 11.7 Å². The lowest BCUT2D eigenvalue weighted by Crippen LogP contribution is -2.33. The quantitative estimate of drug-likeness (QED) is 0.753. The van der Waals surface area contributed by atoms with Gasteiger partial charge in [0.1, 0.15) is 5.82 Å². The predicted molar refractivity (Wildman–Crippen MR) is 56.1 cm³/mol. The third kappa shape index (κ3) is 1.72. The Balaban J connectivity index is 2.31. The molecule has 1 aliphatic rings. The molecule has 1 heterocycles. The van der Waals surface area contributed by atoms with Crippen LogP contribution in [0, 0.1) is 12.7 Å². The summed E-state index contributed by atoms with van der Waals surface area (Å²) in [5, 5.41) is 0. The molecule has 0 aliphatic carbocycles. The van der Waals surface area contributed by atoms with E-state index >= 15 is 0 Å². The van der Waals surface area contributed by atoms with E-state index in [1.54, 1.807) is 24.0 Å². The van der Waals surface area contributed by atoms with E-state index in [0.717, 1.165) is 5.69 Å². The second kappa shape index (κ2) is 3.62. The van der Waals surface area contributed by atoms with Crippen LogP contribution in [0.25, 0.3) is 0 Å². The van der Waals surface area contributed by atoms with Gasteiger partial charge in [0.2, 0.25) is 5.91 Å². The number of anilines is 1. The van der Waals surface area contributed by atoms with Gasteiger partial charge < -0.3 is 10.6 Å². The molecule has 1 fully saturated rings. The monoisotopic (exact) mass is 208 g/mol. The molecule has 0 bridgehead atoms. The van der Waals surface area contributed by atoms with Crippen LogP contribution in [0.2, 0.25) is 0 Å². The van der Waals surface area contributed by atoms with Crippen molar-refractivity contribution >= 4 is 11.6 Å². The zero-order chi connectivity index (χ0) is 11.0. The van der Waals surface area contributed by atoms with Crippen LogP contribution in [-0.4, -0.2) is 18.5 Å². The standard InChI is InChI=1S/C11H13FN2O/c1-7-6-8(2-3-9(7)12)14-5-4-10(13)11(14)15/h2-3,6,10H,4-5,13H2,1H3/t10-/m0/s1. The first-order valence-electron chi connectivity index (χ1n) is 4.92. The van der Waals surface area contributed by atoms with Crippen molar-refractivity contribution in [3.05, 3.63) is 29.6 Å². The van der Waals surface area contributed by atoms with Gasteiger partial charge in [0.05, 0.1) is 6.04 Å². The minimum absolute atomic E-state index is 0.0824. The van der Waals surface area contributed by atoms with Crippen LogP contribution >= 0.6 is 0 Å². The number of benzene rings is 1. The molecule has 1 atom stereocenters. The zero-order valence-corrected chi connectivity index (χ0v) is 8.53. The SMILES string of the molecule is Cc1cc(N2CC[C@H](N)C2=O)ccc1F. The second-order valence-electron chi connectivity index (χ2n) is 3.82. The van der Waals surface area contributed by atoms with Crippen LogP contribution in [0.3, 0.4) is 0 Å². The molecule has 1 aromatic rings. The topological polar surface area (TPSA) is 46.3 Å². The number of nitrogens with zero attached hydrogens (tertiary/aromatic N) is 1. The van der Waals surface area contributed by atoms with Gasteiger partial charge in [-0.15, -0.1) is 0 Å². The third-order valence-corrected chi connectivity index (χ3v) is 2.70. The third-order valence-electron chi connectivity index (χ3n) is 2.70. The number of aryl methyl sites for hydroxylation is 1. The molecular formula is C11H13FN2O. The van der Waals surface area contributed by atoms with E-state index in [9.17, 15) is 9.18 Å². The maximum atomic E-state index is 13.0. The Bertz CT molecular complexity index is 406. The summed E-state index contributed by atoms with van der Waals surface area (Å²) in [5.41, 5.74) is 6.88. The molecule has 1 amide bonds. The van der Waals surface area contributed by atoms with Gasteiger partial charge in [-0.3, -0.25) is 4.79 Å². The number of nitrogens with two attached hydrogens (primary N) is 1. The van der Waals surface area contributed by atoms with Gasteiger partial charge in [-0.1, -0.05) is 0 Å². The number of carbonyl (C=O) groups excluding carboxylic acids is 1. The minimum atomic E-state index is -0.407. The molecule has 2 rings (SSSR count). The smallest absolute Gasteiger partial charge is 0.243 e. The van der Waals surface area contributed by atoms with Crippen molar-refractivity contribution in [2.45, 2.75) is 19.4 Å². The largest absolute Gasteiger partial charge is 0.320 e. The van der Waals surface area contributed by atoms with Crippen LogP contribution in [0.4, 0.5) is 10.1 Å². The van der Waals surface area contributed by atoms with Gasteiger partial charge in [-0.2, -0.15) is 0 Å². The molecule has 3 nitrogen and oxygen atoms in total. The highest BCUT2D eigenvalue weighted by Gasteiger charge is 2.29. The number of amides is 1.